The lowest BCUT2D eigenvalue weighted by molar-refractivity contribution is 0.397. The second-order valence-electron chi connectivity index (χ2n) is 5.54. The van der Waals surface area contributed by atoms with Gasteiger partial charge in [-0.25, -0.2) is 13.4 Å². The van der Waals surface area contributed by atoms with E-state index in [1.165, 1.54) is 29.7 Å². The smallest absolute Gasteiger partial charge is 0.244 e. The molecule has 122 valence electrons. The van der Waals surface area contributed by atoms with E-state index in [1.54, 1.807) is 0 Å². The van der Waals surface area contributed by atoms with Crippen LogP contribution in [0.1, 0.15) is 11.5 Å². The van der Waals surface area contributed by atoms with Gasteiger partial charge in [-0.05, 0) is 11.6 Å². The van der Waals surface area contributed by atoms with Crippen LogP contribution in [0.25, 0.3) is 0 Å². The Morgan fingerprint density at radius 3 is 2.52 bits per heavy atom. The molecule has 2 aromatic rings. The summed E-state index contributed by atoms with van der Waals surface area (Å²) < 4.78 is 31.9. The maximum absolute atomic E-state index is 12.7. The molecule has 0 aliphatic carbocycles. The molecule has 1 aromatic carbocycles. The van der Waals surface area contributed by atoms with Crippen molar-refractivity contribution in [3.05, 3.63) is 54.2 Å². The zero-order valence-corrected chi connectivity index (χ0v) is 13.6. The first-order valence-corrected chi connectivity index (χ1v) is 8.77. The molecule has 3 rings (SSSR count). The molecule has 1 aliphatic heterocycles. The van der Waals surface area contributed by atoms with Gasteiger partial charge in [0, 0.05) is 31.1 Å². The van der Waals surface area contributed by atoms with Gasteiger partial charge < -0.3 is 10.5 Å². The molecule has 0 spiro atoms. The van der Waals surface area contributed by atoms with Crippen LogP contribution in [-0.4, -0.2) is 43.9 Å². The van der Waals surface area contributed by atoms with E-state index in [4.69, 9.17) is 10.5 Å². The Labute approximate surface area is 136 Å². The highest BCUT2D eigenvalue weighted by atomic mass is 32.2. The summed E-state index contributed by atoms with van der Waals surface area (Å²) in [6.45, 7) is 0.674. The van der Waals surface area contributed by atoms with E-state index < -0.39 is 10.0 Å². The average Bonchev–Trinajstić information content (AvgIpc) is 2.98. The maximum Gasteiger partial charge on any atom is 0.244 e. The molecule has 6 nitrogen and oxygen atoms in total. The summed E-state index contributed by atoms with van der Waals surface area (Å²) in [5.74, 6) is 0.376. The third-order valence-electron chi connectivity index (χ3n) is 4.12. The zero-order chi connectivity index (χ0) is 16.4. The second-order valence-corrected chi connectivity index (χ2v) is 7.48. The van der Waals surface area contributed by atoms with Gasteiger partial charge in [0.2, 0.25) is 15.9 Å². The standard InChI is InChI=1S/C16H19N3O3S/c1-22-16-8-7-13(9-18-16)23(20,21)19-10-14(15(17)11-19)12-5-3-2-4-6-12/h2-9,14-15H,10-11,17H2,1H3/t14-,15+/m0/s1. The van der Waals surface area contributed by atoms with Gasteiger partial charge >= 0.3 is 0 Å². The van der Waals surface area contributed by atoms with E-state index in [9.17, 15) is 8.42 Å². The van der Waals surface area contributed by atoms with Gasteiger partial charge in [0.25, 0.3) is 0 Å². The number of ether oxygens (including phenoxy) is 1. The Hall–Kier alpha value is -1.96. The van der Waals surface area contributed by atoms with Crippen LogP contribution in [0.15, 0.2) is 53.6 Å². The number of hydrogen-bond acceptors (Lipinski definition) is 5. The van der Waals surface area contributed by atoms with Crippen LogP contribution in [0, 0.1) is 0 Å². The minimum atomic E-state index is -3.60. The number of benzene rings is 1. The van der Waals surface area contributed by atoms with Gasteiger partial charge in [-0.1, -0.05) is 30.3 Å². The van der Waals surface area contributed by atoms with Crippen molar-refractivity contribution in [1.82, 2.24) is 9.29 Å². The van der Waals surface area contributed by atoms with Crippen LogP contribution >= 0.6 is 0 Å². The maximum atomic E-state index is 12.7. The largest absolute Gasteiger partial charge is 0.481 e. The summed E-state index contributed by atoms with van der Waals surface area (Å²) in [6.07, 6.45) is 1.32. The molecule has 1 aromatic heterocycles. The van der Waals surface area contributed by atoms with Crippen LogP contribution in [0.3, 0.4) is 0 Å². The summed E-state index contributed by atoms with van der Waals surface area (Å²) in [5.41, 5.74) is 7.24. The Morgan fingerprint density at radius 2 is 1.91 bits per heavy atom. The van der Waals surface area contributed by atoms with E-state index in [-0.39, 0.29) is 16.9 Å². The molecule has 1 fully saturated rings. The first-order chi connectivity index (χ1) is 11.0. The minimum absolute atomic E-state index is 0.00261. The molecule has 23 heavy (non-hydrogen) atoms. The number of sulfonamides is 1. The van der Waals surface area contributed by atoms with Crippen molar-refractivity contribution >= 4 is 10.0 Å². The van der Waals surface area contributed by atoms with Gasteiger partial charge in [0.05, 0.1) is 13.3 Å². The molecule has 1 aliphatic rings. The molecule has 2 N–H and O–H groups in total. The van der Waals surface area contributed by atoms with Crippen LogP contribution in [0.2, 0.25) is 0 Å². The first-order valence-electron chi connectivity index (χ1n) is 7.33. The van der Waals surface area contributed by atoms with Crippen LogP contribution < -0.4 is 10.5 Å². The van der Waals surface area contributed by atoms with Crippen LogP contribution in [-0.2, 0) is 10.0 Å². The number of methoxy groups -OCH3 is 1. The predicted octanol–water partition coefficient (Wildman–Crippen LogP) is 1.21. The van der Waals surface area contributed by atoms with Gasteiger partial charge in [-0.2, -0.15) is 4.31 Å². The van der Waals surface area contributed by atoms with Crippen molar-refractivity contribution in [3.8, 4) is 5.88 Å². The van der Waals surface area contributed by atoms with Crippen molar-refractivity contribution in [3.63, 3.8) is 0 Å². The summed E-state index contributed by atoms with van der Waals surface area (Å²) in [6, 6.07) is 12.6. The van der Waals surface area contributed by atoms with Gasteiger partial charge in [0.15, 0.2) is 0 Å². The fourth-order valence-electron chi connectivity index (χ4n) is 2.83. The van der Waals surface area contributed by atoms with Gasteiger partial charge in [0.1, 0.15) is 4.90 Å². The van der Waals surface area contributed by atoms with Gasteiger partial charge in [-0.15, -0.1) is 0 Å². The number of nitrogens with zero attached hydrogens (tertiary/aromatic N) is 2. The van der Waals surface area contributed by atoms with Crippen molar-refractivity contribution in [2.45, 2.75) is 16.9 Å². The third kappa shape index (κ3) is 3.08. The predicted molar refractivity (Wildman–Crippen MR) is 86.7 cm³/mol. The van der Waals surface area contributed by atoms with Crippen molar-refractivity contribution in [2.24, 2.45) is 5.73 Å². The van der Waals surface area contributed by atoms with Crippen LogP contribution in [0.5, 0.6) is 5.88 Å². The lowest BCUT2D eigenvalue weighted by atomic mass is 9.95. The minimum Gasteiger partial charge on any atom is -0.481 e. The molecular formula is C16H19N3O3S. The van der Waals surface area contributed by atoms with Crippen molar-refractivity contribution in [1.29, 1.82) is 0 Å². The van der Waals surface area contributed by atoms with Crippen LogP contribution in [0.4, 0.5) is 0 Å². The molecule has 0 saturated carbocycles. The number of nitrogens with two attached hydrogens (primary N) is 1. The lowest BCUT2D eigenvalue weighted by Crippen LogP contribution is -2.32. The Balaban J connectivity index is 1.84. The third-order valence-corrected chi connectivity index (χ3v) is 5.93. The van der Waals surface area contributed by atoms with E-state index in [0.29, 0.717) is 19.0 Å². The highest BCUT2D eigenvalue weighted by Crippen LogP contribution is 2.30. The first kappa shape index (κ1) is 15.9. The molecule has 7 heteroatoms. The van der Waals surface area contributed by atoms with E-state index in [1.807, 2.05) is 30.3 Å². The Kier molecular flexibility index (Phi) is 4.34. The van der Waals surface area contributed by atoms with Crippen molar-refractivity contribution in [2.75, 3.05) is 20.2 Å². The number of rotatable bonds is 4. The van der Waals surface area contributed by atoms with E-state index in [0.717, 1.165) is 5.56 Å². The lowest BCUT2D eigenvalue weighted by Gasteiger charge is -2.16. The second kappa shape index (κ2) is 6.27. The SMILES string of the molecule is COc1ccc(S(=O)(=O)N2C[C@@H](N)[C@H](c3ccccc3)C2)cn1. The number of aromatic nitrogens is 1. The molecular weight excluding hydrogens is 314 g/mol. The van der Waals surface area contributed by atoms with E-state index >= 15 is 0 Å². The molecule has 0 unspecified atom stereocenters. The van der Waals surface area contributed by atoms with Gasteiger partial charge in [-0.3, -0.25) is 0 Å². The van der Waals surface area contributed by atoms with E-state index in [2.05, 4.69) is 4.98 Å². The fraction of sp³-hybridized carbons (Fsp3) is 0.312. The Morgan fingerprint density at radius 1 is 1.17 bits per heavy atom. The normalized spacial score (nSPS) is 22.2. The number of hydrogen-bond donors (Lipinski definition) is 1. The zero-order valence-electron chi connectivity index (χ0n) is 12.8. The summed E-state index contributed by atoms with van der Waals surface area (Å²) >= 11 is 0. The number of pyridine rings is 1. The average molecular weight is 333 g/mol. The summed E-state index contributed by atoms with van der Waals surface area (Å²) in [4.78, 5) is 4.12. The molecule has 0 amide bonds. The molecule has 1 saturated heterocycles. The molecule has 0 bridgehead atoms. The molecule has 2 heterocycles. The molecule has 2 atom stereocenters. The quantitative estimate of drug-likeness (QED) is 0.909. The monoisotopic (exact) mass is 333 g/mol. The Bertz CT molecular complexity index is 763. The molecule has 0 radical (unpaired) electrons. The summed E-state index contributed by atoms with van der Waals surface area (Å²) in [5, 5.41) is 0. The fourth-order valence-corrected chi connectivity index (χ4v) is 4.28. The highest BCUT2D eigenvalue weighted by Gasteiger charge is 2.38. The summed E-state index contributed by atoms with van der Waals surface area (Å²) in [7, 11) is -2.12. The van der Waals surface area contributed by atoms with Crippen molar-refractivity contribution < 1.29 is 13.2 Å². The topological polar surface area (TPSA) is 85.5 Å². The highest BCUT2D eigenvalue weighted by molar-refractivity contribution is 7.89.